The van der Waals surface area contributed by atoms with Crippen molar-refractivity contribution in [1.29, 1.82) is 0 Å². The molecule has 0 unspecified atom stereocenters. The Morgan fingerprint density at radius 2 is 1.64 bits per heavy atom. The van der Waals surface area contributed by atoms with Crippen LogP contribution in [0.1, 0.15) is 15.9 Å². The van der Waals surface area contributed by atoms with E-state index >= 15 is 0 Å². The molecule has 1 aliphatic heterocycles. The van der Waals surface area contributed by atoms with Gasteiger partial charge in [-0.25, -0.2) is 0 Å². The second-order valence-electron chi connectivity index (χ2n) is 6.66. The van der Waals surface area contributed by atoms with Crippen molar-refractivity contribution >= 4 is 17.9 Å². The van der Waals surface area contributed by atoms with Crippen LogP contribution in [0.2, 0.25) is 0 Å². The van der Waals surface area contributed by atoms with Gasteiger partial charge in [-0.2, -0.15) is 0 Å². The summed E-state index contributed by atoms with van der Waals surface area (Å²) in [4.78, 5) is 28.0. The van der Waals surface area contributed by atoms with Crippen LogP contribution in [-0.4, -0.2) is 60.9 Å². The van der Waals surface area contributed by atoms with E-state index in [1.165, 1.54) is 5.56 Å². The maximum atomic E-state index is 12.9. The molecule has 1 saturated heterocycles. The summed E-state index contributed by atoms with van der Waals surface area (Å²) in [5.74, 6) is -0.265. The minimum Gasteiger partial charge on any atom is -0.483 e. The Labute approximate surface area is 165 Å². The van der Waals surface area contributed by atoms with Gasteiger partial charge in [0.15, 0.2) is 6.61 Å². The topological polar surface area (TPSA) is 75.9 Å². The minimum absolute atomic E-state index is 0.0838. The van der Waals surface area contributed by atoms with E-state index in [1.807, 2.05) is 23.1 Å². The second-order valence-corrected chi connectivity index (χ2v) is 6.66. The van der Waals surface area contributed by atoms with Crippen LogP contribution >= 0.6 is 0 Å². The summed E-state index contributed by atoms with van der Waals surface area (Å²) in [6, 6.07) is 17.2. The number of piperazine rings is 1. The molecule has 0 atom stereocenters. The van der Waals surface area contributed by atoms with Crippen molar-refractivity contribution in [3.05, 3.63) is 71.8 Å². The highest BCUT2D eigenvalue weighted by Gasteiger charge is 2.23. The molecule has 1 heterocycles. The molecule has 1 fully saturated rings. The smallest absolute Gasteiger partial charge is 0.257 e. The fourth-order valence-electron chi connectivity index (χ4n) is 3.12. The molecule has 1 aliphatic rings. The first-order valence-corrected chi connectivity index (χ1v) is 9.37. The van der Waals surface area contributed by atoms with E-state index in [2.05, 4.69) is 29.2 Å². The number of benzene rings is 2. The van der Waals surface area contributed by atoms with Crippen molar-refractivity contribution in [2.24, 2.45) is 5.73 Å². The number of amides is 2. The van der Waals surface area contributed by atoms with E-state index in [1.54, 1.807) is 24.3 Å². The van der Waals surface area contributed by atoms with Gasteiger partial charge in [-0.15, -0.1) is 0 Å². The zero-order chi connectivity index (χ0) is 19.8. The maximum absolute atomic E-state index is 12.9. The molecule has 2 amide bonds. The number of carbonyl (C=O) groups is 2. The lowest BCUT2D eigenvalue weighted by Gasteiger charge is -2.34. The SMILES string of the molecule is NC(=O)COc1ccccc1C(=O)N1CCN(CC=Cc2ccccc2)CC1. The predicted octanol–water partition coefficient (Wildman–Crippen LogP) is 2.02. The Morgan fingerprint density at radius 3 is 2.36 bits per heavy atom. The number of para-hydroxylation sites is 1. The van der Waals surface area contributed by atoms with Crippen LogP contribution in [0.25, 0.3) is 6.08 Å². The minimum atomic E-state index is -0.570. The molecule has 0 aliphatic carbocycles. The van der Waals surface area contributed by atoms with Gasteiger partial charge in [0, 0.05) is 32.7 Å². The fourth-order valence-corrected chi connectivity index (χ4v) is 3.12. The number of ether oxygens (including phenoxy) is 1. The summed E-state index contributed by atoms with van der Waals surface area (Å²) in [7, 11) is 0. The Bertz CT molecular complexity index is 828. The third-order valence-electron chi connectivity index (χ3n) is 4.62. The number of hydrogen-bond donors (Lipinski definition) is 1. The first-order valence-electron chi connectivity index (χ1n) is 9.37. The first kappa shape index (κ1) is 19.6. The molecule has 0 saturated carbocycles. The van der Waals surface area contributed by atoms with Crippen LogP contribution in [0.5, 0.6) is 5.75 Å². The third kappa shape index (κ3) is 5.44. The van der Waals surface area contributed by atoms with Gasteiger partial charge in [0.2, 0.25) is 0 Å². The van der Waals surface area contributed by atoms with Crippen LogP contribution in [0, 0.1) is 0 Å². The van der Waals surface area contributed by atoms with Gasteiger partial charge in [-0.1, -0.05) is 54.6 Å². The molecular weight excluding hydrogens is 354 g/mol. The summed E-state index contributed by atoms with van der Waals surface area (Å²) in [5.41, 5.74) is 6.77. The molecule has 0 bridgehead atoms. The van der Waals surface area contributed by atoms with E-state index in [0.29, 0.717) is 24.4 Å². The molecule has 6 nitrogen and oxygen atoms in total. The largest absolute Gasteiger partial charge is 0.483 e. The first-order chi connectivity index (χ1) is 13.6. The molecule has 2 aromatic carbocycles. The molecule has 2 N–H and O–H groups in total. The highest BCUT2D eigenvalue weighted by atomic mass is 16.5. The molecule has 0 spiro atoms. The predicted molar refractivity (Wildman–Crippen MR) is 109 cm³/mol. The molecule has 3 rings (SSSR count). The Balaban J connectivity index is 1.53. The van der Waals surface area contributed by atoms with Crippen LogP contribution in [0.15, 0.2) is 60.7 Å². The second kappa shape index (κ2) is 9.71. The van der Waals surface area contributed by atoms with Gasteiger partial charge in [0.05, 0.1) is 5.56 Å². The highest BCUT2D eigenvalue weighted by molar-refractivity contribution is 5.97. The number of primary amides is 1. The lowest BCUT2D eigenvalue weighted by atomic mass is 10.1. The van der Waals surface area contributed by atoms with Gasteiger partial charge in [-0.3, -0.25) is 14.5 Å². The number of carbonyl (C=O) groups excluding carboxylic acids is 2. The van der Waals surface area contributed by atoms with Crippen molar-refractivity contribution in [3.8, 4) is 5.75 Å². The van der Waals surface area contributed by atoms with Crippen molar-refractivity contribution in [2.45, 2.75) is 0 Å². The van der Waals surface area contributed by atoms with Crippen LogP contribution in [-0.2, 0) is 4.79 Å². The van der Waals surface area contributed by atoms with Gasteiger partial charge in [-0.05, 0) is 17.7 Å². The molecule has 28 heavy (non-hydrogen) atoms. The van der Waals surface area contributed by atoms with Crippen molar-refractivity contribution in [2.75, 3.05) is 39.3 Å². The molecule has 2 aromatic rings. The van der Waals surface area contributed by atoms with Gasteiger partial charge in [0.25, 0.3) is 11.8 Å². The highest BCUT2D eigenvalue weighted by Crippen LogP contribution is 2.20. The van der Waals surface area contributed by atoms with Crippen molar-refractivity contribution in [1.82, 2.24) is 9.80 Å². The Kier molecular flexibility index (Phi) is 6.81. The van der Waals surface area contributed by atoms with Crippen LogP contribution in [0.4, 0.5) is 0 Å². The van der Waals surface area contributed by atoms with E-state index < -0.39 is 5.91 Å². The van der Waals surface area contributed by atoms with E-state index in [4.69, 9.17) is 10.5 Å². The number of nitrogens with zero attached hydrogens (tertiary/aromatic N) is 2. The van der Waals surface area contributed by atoms with Crippen molar-refractivity contribution in [3.63, 3.8) is 0 Å². The third-order valence-corrected chi connectivity index (χ3v) is 4.62. The zero-order valence-corrected chi connectivity index (χ0v) is 15.8. The average Bonchev–Trinajstić information content (AvgIpc) is 2.73. The normalized spacial score (nSPS) is 14.9. The maximum Gasteiger partial charge on any atom is 0.257 e. The summed E-state index contributed by atoms with van der Waals surface area (Å²) in [5, 5.41) is 0. The van der Waals surface area contributed by atoms with E-state index in [0.717, 1.165) is 19.6 Å². The Hall–Kier alpha value is -3.12. The van der Waals surface area contributed by atoms with Crippen LogP contribution in [0.3, 0.4) is 0 Å². The molecular formula is C22H25N3O3. The van der Waals surface area contributed by atoms with Crippen LogP contribution < -0.4 is 10.5 Å². The summed E-state index contributed by atoms with van der Waals surface area (Å²) < 4.78 is 5.39. The summed E-state index contributed by atoms with van der Waals surface area (Å²) in [6.07, 6.45) is 4.27. The fraction of sp³-hybridized carbons (Fsp3) is 0.273. The number of hydrogen-bond acceptors (Lipinski definition) is 4. The molecule has 6 heteroatoms. The zero-order valence-electron chi connectivity index (χ0n) is 15.8. The molecule has 146 valence electrons. The monoisotopic (exact) mass is 379 g/mol. The molecule has 0 radical (unpaired) electrons. The quantitative estimate of drug-likeness (QED) is 0.799. The summed E-state index contributed by atoms with van der Waals surface area (Å²) >= 11 is 0. The number of nitrogens with two attached hydrogens (primary N) is 1. The lowest BCUT2D eigenvalue weighted by Crippen LogP contribution is -2.48. The van der Waals surface area contributed by atoms with Gasteiger partial charge in [0.1, 0.15) is 5.75 Å². The van der Waals surface area contributed by atoms with E-state index in [9.17, 15) is 9.59 Å². The Morgan fingerprint density at radius 1 is 0.964 bits per heavy atom. The van der Waals surface area contributed by atoms with Crippen molar-refractivity contribution < 1.29 is 14.3 Å². The lowest BCUT2D eigenvalue weighted by molar-refractivity contribution is -0.119. The standard InChI is InChI=1S/C22H25N3O3/c23-21(26)17-28-20-11-5-4-10-19(20)22(27)25-15-13-24(14-16-25)12-6-9-18-7-2-1-3-8-18/h1-11H,12-17H2,(H2,23,26). The average molecular weight is 379 g/mol. The summed E-state index contributed by atoms with van der Waals surface area (Å²) in [6.45, 7) is 3.55. The van der Waals surface area contributed by atoms with E-state index in [-0.39, 0.29) is 12.5 Å². The van der Waals surface area contributed by atoms with Gasteiger partial charge < -0.3 is 15.4 Å². The number of rotatable bonds is 7. The van der Waals surface area contributed by atoms with Gasteiger partial charge >= 0.3 is 0 Å². The molecule has 0 aromatic heterocycles.